The van der Waals surface area contributed by atoms with Gasteiger partial charge in [-0.15, -0.1) is 0 Å². The van der Waals surface area contributed by atoms with E-state index in [1.54, 1.807) is 25.4 Å². The normalized spacial score (nSPS) is 14.4. The van der Waals surface area contributed by atoms with Gasteiger partial charge in [0, 0.05) is 111 Å². The highest BCUT2D eigenvalue weighted by Crippen LogP contribution is 2.40. The number of hydrogen-bond acceptors (Lipinski definition) is 13. The quantitative estimate of drug-likeness (QED) is 0.0953. The second kappa shape index (κ2) is 21.5. The molecule has 0 spiro atoms. The molecule has 8 rings (SSSR count). The van der Waals surface area contributed by atoms with E-state index >= 15 is 0 Å². The van der Waals surface area contributed by atoms with Gasteiger partial charge in [-0.05, 0) is 62.0 Å². The monoisotopic (exact) mass is 894 g/mol. The molecule has 2 aliphatic heterocycles. The molecule has 16 heteroatoms. The van der Waals surface area contributed by atoms with Gasteiger partial charge < -0.3 is 44.9 Å². The van der Waals surface area contributed by atoms with Crippen molar-refractivity contribution in [1.82, 2.24) is 30.1 Å². The fourth-order valence-corrected chi connectivity index (χ4v) is 7.91. The van der Waals surface area contributed by atoms with Crippen molar-refractivity contribution in [2.75, 3.05) is 102 Å². The summed E-state index contributed by atoms with van der Waals surface area (Å²) in [4.78, 5) is 20.7. The van der Waals surface area contributed by atoms with Gasteiger partial charge in [0.25, 0.3) is 0 Å². The Hall–Kier alpha value is -5.59. The number of piperazine rings is 2. The zero-order valence-corrected chi connectivity index (χ0v) is 37.2. The fourth-order valence-electron chi connectivity index (χ4n) is 7.21. The number of hydrogen-bond donors (Lipinski definition) is 3. The van der Waals surface area contributed by atoms with Gasteiger partial charge in [-0.1, -0.05) is 53.0 Å². The molecule has 3 N–H and O–H groups in total. The molecule has 6 aromatic rings. The van der Waals surface area contributed by atoms with Crippen molar-refractivity contribution in [1.29, 1.82) is 5.26 Å². The molecule has 0 saturated carbocycles. The maximum atomic E-state index is 9.75. The minimum atomic E-state index is 0.357. The Morgan fingerprint density at radius 2 is 1.60 bits per heavy atom. The number of benzene rings is 4. The summed E-state index contributed by atoms with van der Waals surface area (Å²) >= 11 is 18.6. The van der Waals surface area contributed by atoms with Crippen LogP contribution in [0, 0.1) is 11.3 Å². The Kier molecular flexibility index (Phi) is 15.4. The minimum Gasteiger partial charge on any atom is -0.495 e. The third-order valence-electron chi connectivity index (χ3n) is 10.6. The first-order valence-electron chi connectivity index (χ1n) is 20.4. The van der Waals surface area contributed by atoms with Crippen LogP contribution in [0.2, 0.25) is 15.1 Å². The first-order valence-corrected chi connectivity index (χ1v) is 21.5. The molecule has 2 saturated heterocycles. The summed E-state index contributed by atoms with van der Waals surface area (Å²) in [6.45, 7) is 10.0. The van der Waals surface area contributed by atoms with Crippen molar-refractivity contribution in [2.24, 2.45) is 0 Å². The van der Waals surface area contributed by atoms with Crippen molar-refractivity contribution in [2.45, 2.75) is 6.42 Å². The predicted molar refractivity (Wildman–Crippen MR) is 251 cm³/mol. The summed E-state index contributed by atoms with van der Waals surface area (Å²) in [5.74, 6) is 2.18. The first kappa shape index (κ1) is 44.5. The number of pyridine rings is 1. The van der Waals surface area contributed by atoms with E-state index < -0.39 is 0 Å². The van der Waals surface area contributed by atoms with Gasteiger partial charge in [0.05, 0.1) is 59.0 Å². The van der Waals surface area contributed by atoms with Gasteiger partial charge in [0.15, 0.2) is 11.5 Å². The lowest BCUT2D eigenvalue weighted by molar-refractivity contribution is 0.145. The van der Waals surface area contributed by atoms with Crippen molar-refractivity contribution < 1.29 is 14.2 Å². The van der Waals surface area contributed by atoms with Crippen LogP contribution in [-0.2, 0) is 0 Å². The second-order valence-electron chi connectivity index (χ2n) is 14.8. The summed E-state index contributed by atoms with van der Waals surface area (Å²) < 4.78 is 17.0. The number of methoxy groups -OCH3 is 2. The van der Waals surface area contributed by atoms with Crippen LogP contribution in [0.15, 0.2) is 91.3 Å². The molecule has 0 aliphatic carbocycles. The highest BCUT2D eigenvalue weighted by Gasteiger charge is 2.18. The standard InChI is InChI=1S/C26H29Cl2N5O3.C20H20ClN5/c1-32-6-8-33(9-7-32)5-4-10-36-25-13-21-18(11-24(25)35-3)26(17(15-29)16-30-21)31-22-14-23(34-2)20(28)12-19(22)27;21-16-4-2-5-17(14-16)24-20-23-8-7-19(25-20)15-3-1-6-18(13-15)26-11-9-22-10-12-26/h11-14,16H,4-10H2,1-3H3,(H,30,31);1-8,13-14,22H,9-12H2,(H,23,24,25). The number of fused-ring (bicyclic) bond motifs is 1. The maximum absolute atomic E-state index is 9.75. The third-order valence-corrected chi connectivity index (χ3v) is 11.5. The van der Waals surface area contributed by atoms with Crippen molar-refractivity contribution >= 4 is 74.4 Å². The molecule has 13 nitrogen and oxygen atoms in total. The number of nitrogens with one attached hydrogen (secondary N) is 3. The van der Waals surface area contributed by atoms with Gasteiger partial charge in [-0.25, -0.2) is 9.97 Å². The van der Waals surface area contributed by atoms with E-state index in [2.05, 4.69) is 83.0 Å². The molecule has 2 aromatic heterocycles. The van der Waals surface area contributed by atoms with Crippen LogP contribution in [0.5, 0.6) is 17.2 Å². The molecule has 4 heterocycles. The first-order chi connectivity index (χ1) is 30.2. The Bertz CT molecular complexity index is 2510. The van der Waals surface area contributed by atoms with E-state index in [0.717, 1.165) is 82.3 Å². The van der Waals surface area contributed by atoms with E-state index in [0.29, 0.717) is 72.7 Å². The molecule has 322 valence electrons. The smallest absolute Gasteiger partial charge is 0.227 e. The van der Waals surface area contributed by atoms with Gasteiger partial charge in [0.1, 0.15) is 11.8 Å². The highest BCUT2D eigenvalue weighted by molar-refractivity contribution is 6.37. The van der Waals surface area contributed by atoms with Gasteiger partial charge >= 0.3 is 0 Å². The number of nitriles is 1. The average molecular weight is 896 g/mol. The molecule has 2 fully saturated rings. The van der Waals surface area contributed by atoms with Crippen LogP contribution in [-0.4, -0.2) is 112 Å². The Labute approximate surface area is 377 Å². The molecule has 0 radical (unpaired) electrons. The summed E-state index contributed by atoms with van der Waals surface area (Å²) in [5, 5.41) is 21.8. The lowest BCUT2D eigenvalue weighted by Crippen LogP contribution is -2.44. The number of anilines is 5. The fraction of sp³-hybridized carbons (Fsp3) is 0.304. The molecular weight excluding hydrogens is 847 g/mol. The van der Waals surface area contributed by atoms with E-state index in [1.165, 1.54) is 19.0 Å². The average Bonchev–Trinajstić information content (AvgIpc) is 3.29. The number of halogens is 3. The Morgan fingerprint density at radius 1 is 0.806 bits per heavy atom. The predicted octanol–water partition coefficient (Wildman–Crippen LogP) is 9.14. The van der Waals surface area contributed by atoms with Crippen molar-refractivity contribution in [3.63, 3.8) is 0 Å². The molecule has 4 aromatic carbocycles. The van der Waals surface area contributed by atoms with E-state index in [-0.39, 0.29) is 0 Å². The largest absolute Gasteiger partial charge is 0.495 e. The maximum Gasteiger partial charge on any atom is 0.227 e. The van der Waals surface area contributed by atoms with E-state index in [1.807, 2.05) is 42.5 Å². The number of likely N-dealkylation sites (N-methyl/N-ethyl adjacent to an activating group) is 1. The second-order valence-corrected chi connectivity index (χ2v) is 16.1. The van der Waals surface area contributed by atoms with Gasteiger partial charge in [0.2, 0.25) is 5.95 Å². The SMILES string of the molecule is COc1cc(Nc2c(C#N)cnc3cc(OCCCN4CCN(C)CC4)c(OC)cc23)c(Cl)cc1Cl.Clc1cccc(Nc2nccc(-c3cccc(N4CCNCC4)c3)n2)c1. The van der Waals surface area contributed by atoms with Crippen LogP contribution in [0.4, 0.5) is 28.7 Å². The molecule has 0 amide bonds. The Morgan fingerprint density at radius 3 is 2.35 bits per heavy atom. The van der Waals surface area contributed by atoms with Crippen molar-refractivity contribution in [3.05, 3.63) is 112 Å². The summed E-state index contributed by atoms with van der Waals surface area (Å²) in [6.07, 6.45) is 4.21. The number of nitrogens with zero attached hydrogens (tertiary/aromatic N) is 7. The van der Waals surface area contributed by atoms with Crippen LogP contribution in [0.3, 0.4) is 0 Å². The lowest BCUT2D eigenvalue weighted by Gasteiger charge is -2.32. The molecule has 2 aliphatic rings. The van der Waals surface area contributed by atoms with Crippen LogP contribution < -0.4 is 35.1 Å². The van der Waals surface area contributed by atoms with E-state index in [4.69, 9.17) is 49.0 Å². The molecule has 0 unspecified atom stereocenters. The minimum absolute atomic E-state index is 0.357. The third kappa shape index (κ3) is 11.5. The highest BCUT2D eigenvalue weighted by atomic mass is 35.5. The zero-order chi connectivity index (χ0) is 43.4. The zero-order valence-electron chi connectivity index (χ0n) is 34.9. The van der Waals surface area contributed by atoms with Gasteiger partial charge in [-0.2, -0.15) is 5.26 Å². The van der Waals surface area contributed by atoms with Crippen LogP contribution in [0.25, 0.3) is 22.2 Å². The summed E-state index contributed by atoms with van der Waals surface area (Å²) in [7, 11) is 5.27. The van der Waals surface area contributed by atoms with Crippen molar-refractivity contribution in [3.8, 4) is 34.6 Å². The number of ether oxygens (including phenoxy) is 3. The molecule has 0 atom stereocenters. The summed E-state index contributed by atoms with van der Waals surface area (Å²) in [6, 6.07) is 27.1. The molecule has 62 heavy (non-hydrogen) atoms. The number of rotatable bonds is 13. The molecular formula is C46H49Cl3N10O3. The van der Waals surface area contributed by atoms with Crippen LogP contribution in [0.1, 0.15) is 12.0 Å². The molecule has 0 bridgehead atoms. The van der Waals surface area contributed by atoms with Gasteiger partial charge in [-0.3, -0.25) is 4.98 Å². The van der Waals surface area contributed by atoms with E-state index in [9.17, 15) is 5.26 Å². The Balaban J connectivity index is 0.000000196. The number of aromatic nitrogens is 3. The topological polar surface area (TPSA) is 136 Å². The van der Waals surface area contributed by atoms with Crippen LogP contribution >= 0.6 is 34.8 Å². The summed E-state index contributed by atoms with van der Waals surface area (Å²) in [5.41, 5.74) is 6.17. The lowest BCUT2D eigenvalue weighted by atomic mass is 10.1.